The fraction of sp³-hybridized carbons (Fsp3) is 0.462. The number of rotatable bonds is 3. The Labute approximate surface area is 106 Å². The number of nitrogens with one attached hydrogen (secondary N) is 1. The third kappa shape index (κ3) is 2.94. The van der Waals surface area contributed by atoms with E-state index >= 15 is 0 Å². The molecule has 1 aliphatic rings. The molecule has 1 aromatic heterocycles. The molecular weight excluding hydrogens is 232 g/mol. The summed E-state index contributed by atoms with van der Waals surface area (Å²) in [7, 11) is 1.96. The van der Waals surface area contributed by atoms with Gasteiger partial charge in [0.1, 0.15) is 0 Å². The molecule has 0 saturated carbocycles. The minimum atomic E-state index is -0.00720. The van der Waals surface area contributed by atoms with Crippen molar-refractivity contribution in [1.82, 2.24) is 9.88 Å². The molecule has 2 rings (SSSR count). The molecule has 1 atom stereocenters. The van der Waals surface area contributed by atoms with E-state index in [4.69, 9.17) is 0 Å². The smallest absolute Gasteiger partial charge is 0.244 e. The number of hydrogen-bond donors (Lipinski definition) is 1. The zero-order chi connectivity index (χ0) is 12.5. The molecule has 0 bridgehead atoms. The van der Waals surface area contributed by atoms with Crippen LogP contribution in [0.25, 0.3) is 6.08 Å². The number of thioether (sulfide) groups is 1. The molecule has 2 heterocycles. The number of carbonyl (C=O) groups is 1. The largest absolute Gasteiger partial charge is 0.357 e. The van der Waals surface area contributed by atoms with Gasteiger partial charge in [0.05, 0.1) is 6.04 Å². The fourth-order valence-corrected chi connectivity index (χ4v) is 2.87. The Bertz CT molecular complexity index is 448. The lowest BCUT2D eigenvalue weighted by molar-refractivity contribution is -0.117. The van der Waals surface area contributed by atoms with Crippen molar-refractivity contribution >= 4 is 23.7 Å². The number of nitrogens with zero attached hydrogens (tertiary/aromatic N) is 1. The van der Waals surface area contributed by atoms with Gasteiger partial charge in [0, 0.05) is 36.0 Å². The van der Waals surface area contributed by atoms with Crippen LogP contribution in [0.5, 0.6) is 0 Å². The van der Waals surface area contributed by atoms with E-state index in [1.807, 2.05) is 47.9 Å². The van der Waals surface area contributed by atoms with Gasteiger partial charge in [-0.1, -0.05) is 0 Å². The fourth-order valence-electron chi connectivity index (χ4n) is 1.73. The summed E-state index contributed by atoms with van der Waals surface area (Å²) in [5, 5.41) is 3.03. The maximum atomic E-state index is 11.7. The lowest BCUT2D eigenvalue weighted by Crippen LogP contribution is -2.56. The first-order valence-corrected chi connectivity index (χ1v) is 6.70. The monoisotopic (exact) mass is 250 g/mol. The van der Waals surface area contributed by atoms with E-state index in [2.05, 4.69) is 19.2 Å². The average molecular weight is 250 g/mol. The summed E-state index contributed by atoms with van der Waals surface area (Å²) in [5.74, 6) is 1.00. The quantitative estimate of drug-likeness (QED) is 0.833. The van der Waals surface area contributed by atoms with Crippen molar-refractivity contribution in [2.24, 2.45) is 7.05 Å². The second-order valence-electron chi connectivity index (χ2n) is 4.92. The minimum absolute atomic E-state index is 0.00720. The van der Waals surface area contributed by atoms with Crippen LogP contribution in [-0.4, -0.2) is 27.0 Å². The zero-order valence-corrected chi connectivity index (χ0v) is 11.3. The van der Waals surface area contributed by atoms with Gasteiger partial charge >= 0.3 is 0 Å². The summed E-state index contributed by atoms with van der Waals surface area (Å²) < 4.78 is 2.14. The van der Waals surface area contributed by atoms with Crippen LogP contribution in [-0.2, 0) is 11.8 Å². The van der Waals surface area contributed by atoms with Gasteiger partial charge in [-0.2, -0.15) is 11.8 Å². The van der Waals surface area contributed by atoms with Crippen molar-refractivity contribution < 1.29 is 4.79 Å². The summed E-state index contributed by atoms with van der Waals surface area (Å²) in [6.45, 7) is 4.32. The van der Waals surface area contributed by atoms with E-state index in [0.29, 0.717) is 6.04 Å². The van der Waals surface area contributed by atoms with Crippen LogP contribution in [0.2, 0.25) is 0 Å². The second-order valence-corrected chi connectivity index (χ2v) is 6.59. The summed E-state index contributed by atoms with van der Waals surface area (Å²) in [5.41, 5.74) is 1.05. The SMILES string of the molecule is Cn1ccc(/C=C/C(=O)NC2CSC2(C)C)c1. The van der Waals surface area contributed by atoms with Crippen LogP contribution in [0.4, 0.5) is 0 Å². The molecule has 0 radical (unpaired) electrons. The van der Waals surface area contributed by atoms with E-state index in [1.165, 1.54) is 0 Å². The summed E-state index contributed by atoms with van der Waals surface area (Å²) in [4.78, 5) is 11.7. The predicted octanol–water partition coefficient (Wildman–Crippen LogP) is 2.05. The predicted molar refractivity (Wildman–Crippen MR) is 72.9 cm³/mol. The number of aryl methyl sites for hydroxylation is 1. The molecular formula is C13H18N2OS. The molecule has 1 aliphatic heterocycles. The van der Waals surface area contributed by atoms with Crippen molar-refractivity contribution in [1.29, 1.82) is 0 Å². The highest BCUT2D eigenvalue weighted by Gasteiger charge is 2.39. The Hall–Kier alpha value is -1.16. The Morgan fingerprint density at radius 1 is 1.65 bits per heavy atom. The number of amides is 1. The van der Waals surface area contributed by atoms with Crippen molar-refractivity contribution in [3.63, 3.8) is 0 Å². The molecule has 1 N–H and O–H groups in total. The minimum Gasteiger partial charge on any atom is -0.357 e. The molecule has 1 fully saturated rings. The Morgan fingerprint density at radius 3 is 2.88 bits per heavy atom. The van der Waals surface area contributed by atoms with Gasteiger partial charge in [0.25, 0.3) is 0 Å². The van der Waals surface area contributed by atoms with E-state index in [9.17, 15) is 4.79 Å². The molecule has 3 nitrogen and oxygen atoms in total. The molecule has 1 amide bonds. The number of hydrogen-bond acceptors (Lipinski definition) is 2. The van der Waals surface area contributed by atoms with Crippen LogP contribution in [0.1, 0.15) is 19.4 Å². The molecule has 17 heavy (non-hydrogen) atoms. The highest BCUT2D eigenvalue weighted by Crippen LogP contribution is 2.39. The third-order valence-electron chi connectivity index (χ3n) is 3.06. The Morgan fingerprint density at radius 2 is 2.41 bits per heavy atom. The molecule has 92 valence electrons. The van der Waals surface area contributed by atoms with Crippen molar-refractivity contribution in [3.05, 3.63) is 30.1 Å². The van der Waals surface area contributed by atoms with E-state index in [-0.39, 0.29) is 10.7 Å². The van der Waals surface area contributed by atoms with Crippen LogP contribution in [0, 0.1) is 0 Å². The highest BCUT2D eigenvalue weighted by molar-refractivity contribution is 8.02. The van der Waals surface area contributed by atoms with Gasteiger partial charge in [-0.05, 0) is 31.6 Å². The maximum absolute atomic E-state index is 11.7. The standard InChI is InChI=1S/C13H18N2OS/c1-13(2)11(9-17-13)14-12(16)5-4-10-6-7-15(3)8-10/h4-8,11H,9H2,1-3H3,(H,14,16)/b5-4+. The molecule has 4 heteroatoms. The Kier molecular flexibility index (Phi) is 3.33. The Balaban J connectivity index is 1.87. The van der Waals surface area contributed by atoms with Gasteiger partial charge in [-0.3, -0.25) is 4.79 Å². The van der Waals surface area contributed by atoms with Gasteiger partial charge in [-0.15, -0.1) is 0 Å². The van der Waals surface area contributed by atoms with E-state index in [1.54, 1.807) is 6.08 Å². The first-order valence-electron chi connectivity index (χ1n) is 5.72. The van der Waals surface area contributed by atoms with Gasteiger partial charge in [0.2, 0.25) is 5.91 Å². The lowest BCUT2D eigenvalue weighted by atomic mass is 10.0. The number of carbonyl (C=O) groups excluding carboxylic acids is 1. The van der Waals surface area contributed by atoms with Gasteiger partial charge < -0.3 is 9.88 Å². The van der Waals surface area contributed by atoms with Crippen LogP contribution < -0.4 is 5.32 Å². The average Bonchev–Trinajstić information content (AvgIpc) is 2.68. The highest BCUT2D eigenvalue weighted by atomic mass is 32.2. The van der Waals surface area contributed by atoms with Crippen LogP contribution in [0.15, 0.2) is 24.5 Å². The molecule has 1 aromatic rings. The van der Waals surface area contributed by atoms with E-state index < -0.39 is 0 Å². The second kappa shape index (κ2) is 4.61. The third-order valence-corrected chi connectivity index (χ3v) is 4.59. The molecule has 1 unspecified atom stereocenters. The topological polar surface area (TPSA) is 34.0 Å². The molecule has 0 aromatic carbocycles. The number of aromatic nitrogens is 1. The van der Waals surface area contributed by atoms with Crippen molar-refractivity contribution in [2.45, 2.75) is 24.6 Å². The van der Waals surface area contributed by atoms with E-state index in [0.717, 1.165) is 11.3 Å². The van der Waals surface area contributed by atoms with Gasteiger partial charge in [0.15, 0.2) is 0 Å². The van der Waals surface area contributed by atoms with Crippen LogP contribution in [0.3, 0.4) is 0 Å². The molecule has 1 saturated heterocycles. The summed E-state index contributed by atoms with van der Waals surface area (Å²) >= 11 is 1.89. The summed E-state index contributed by atoms with van der Waals surface area (Å²) in [6, 6.07) is 2.27. The summed E-state index contributed by atoms with van der Waals surface area (Å²) in [6.07, 6.45) is 7.39. The normalized spacial score (nSPS) is 22.4. The lowest BCUT2D eigenvalue weighted by Gasteiger charge is -2.43. The van der Waals surface area contributed by atoms with Gasteiger partial charge in [-0.25, -0.2) is 0 Å². The molecule has 0 spiro atoms. The van der Waals surface area contributed by atoms with Crippen molar-refractivity contribution in [2.75, 3.05) is 5.75 Å². The molecule has 0 aliphatic carbocycles. The zero-order valence-electron chi connectivity index (χ0n) is 10.4. The maximum Gasteiger partial charge on any atom is 0.244 e. The first-order chi connectivity index (χ1) is 7.97. The first kappa shape index (κ1) is 12.3. The van der Waals surface area contributed by atoms with Crippen molar-refractivity contribution in [3.8, 4) is 0 Å². The van der Waals surface area contributed by atoms with Crippen LogP contribution >= 0.6 is 11.8 Å².